The van der Waals surface area contributed by atoms with Crippen molar-refractivity contribution >= 4 is 35.0 Å². The van der Waals surface area contributed by atoms with Crippen molar-refractivity contribution in [3.8, 4) is 0 Å². The molecular weight excluding hydrogens is 243 g/mol. The van der Waals surface area contributed by atoms with Crippen molar-refractivity contribution in [3.63, 3.8) is 0 Å². The SMILES string of the molecule is ClC1=CCC2C=Cc3ccc(Cl)nc3C2=N1. The van der Waals surface area contributed by atoms with Crippen molar-refractivity contribution in [2.24, 2.45) is 10.9 Å². The van der Waals surface area contributed by atoms with Gasteiger partial charge in [0, 0.05) is 11.5 Å². The van der Waals surface area contributed by atoms with Gasteiger partial charge >= 0.3 is 0 Å². The Morgan fingerprint density at radius 1 is 1.25 bits per heavy atom. The molecule has 1 aliphatic heterocycles. The molecule has 1 aliphatic carbocycles. The van der Waals surface area contributed by atoms with E-state index >= 15 is 0 Å². The van der Waals surface area contributed by atoms with Crippen LogP contribution in [0.3, 0.4) is 0 Å². The normalized spacial score (nSPS) is 22.0. The second-order valence-electron chi connectivity index (χ2n) is 3.80. The fourth-order valence-electron chi connectivity index (χ4n) is 1.98. The highest BCUT2D eigenvalue weighted by molar-refractivity contribution is 6.31. The topological polar surface area (TPSA) is 25.2 Å². The van der Waals surface area contributed by atoms with Gasteiger partial charge in [0.15, 0.2) is 0 Å². The van der Waals surface area contributed by atoms with E-state index in [0.717, 1.165) is 23.4 Å². The highest BCUT2D eigenvalue weighted by atomic mass is 35.5. The Kier molecular flexibility index (Phi) is 2.34. The van der Waals surface area contributed by atoms with Gasteiger partial charge in [0.2, 0.25) is 0 Å². The van der Waals surface area contributed by atoms with Gasteiger partial charge in [-0.2, -0.15) is 0 Å². The van der Waals surface area contributed by atoms with Crippen molar-refractivity contribution < 1.29 is 0 Å². The first kappa shape index (κ1) is 10.1. The smallest absolute Gasteiger partial charge is 0.129 e. The van der Waals surface area contributed by atoms with Crippen LogP contribution in [0.5, 0.6) is 0 Å². The summed E-state index contributed by atoms with van der Waals surface area (Å²) in [4.78, 5) is 8.69. The molecule has 0 bridgehead atoms. The van der Waals surface area contributed by atoms with Crippen LogP contribution in [-0.4, -0.2) is 10.7 Å². The van der Waals surface area contributed by atoms with Gasteiger partial charge in [-0.05, 0) is 24.6 Å². The van der Waals surface area contributed by atoms with E-state index in [0.29, 0.717) is 10.3 Å². The quantitative estimate of drug-likeness (QED) is 0.510. The van der Waals surface area contributed by atoms with E-state index in [4.69, 9.17) is 23.2 Å². The number of nitrogens with zero attached hydrogens (tertiary/aromatic N) is 2. The number of aromatic nitrogens is 1. The maximum atomic E-state index is 5.93. The fourth-order valence-corrected chi connectivity index (χ4v) is 2.31. The van der Waals surface area contributed by atoms with Gasteiger partial charge in [-0.1, -0.05) is 35.4 Å². The van der Waals surface area contributed by atoms with Crippen LogP contribution in [0.25, 0.3) is 6.08 Å². The van der Waals surface area contributed by atoms with Crippen LogP contribution in [0.2, 0.25) is 5.15 Å². The summed E-state index contributed by atoms with van der Waals surface area (Å²) < 4.78 is 0. The molecule has 4 heteroatoms. The Morgan fingerprint density at radius 2 is 2.12 bits per heavy atom. The first-order chi connectivity index (χ1) is 7.74. The standard InChI is InChI=1S/C12H8Cl2N2/c13-9-5-3-7-1-2-8-4-6-10(14)16-12(8)11(7)15-9/h1-3,5-6,8H,4H2. The molecule has 2 nitrogen and oxygen atoms in total. The summed E-state index contributed by atoms with van der Waals surface area (Å²) in [5.41, 5.74) is 2.82. The van der Waals surface area contributed by atoms with Gasteiger partial charge in [-0.3, -0.25) is 0 Å². The van der Waals surface area contributed by atoms with E-state index in [2.05, 4.69) is 22.1 Å². The van der Waals surface area contributed by atoms with Crippen LogP contribution in [0.4, 0.5) is 0 Å². The Bertz CT molecular complexity index is 544. The maximum absolute atomic E-state index is 5.93. The summed E-state index contributed by atoms with van der Waals surface area (Å²) >= 11 is 11.8. The summed E-state index contributed by atoms with van der Waals surface area (Å²) in [5, 5.41) is 1.02. The molecule has 3 rings (SSSR count). The zero-order valence-corrected chi connectivity index (χ0v) is 9.83. The van der Waals surface area contributed by atoms with E-state index < -0.39 is 0 Å². The number of halogens is 2. The lowest BCUT2D eigenvalue weighted by Crippen LogP contribution is -2.21. The molecule has 1 aromatic heterocycles. The summed E-state index contributed by atoms with van der Waals surface area (Å²) in [5.74, 6) is 0.279. The van der Waals surface area contributed by atoms with Gasteiger partial charge < -0.3 is 0 Å². The van der Waals surface area contributed by atoms with Crippen LogP contribution in [0, 0.1) is 5.92 Å². The van der Waals surface area contributed by atoms with Crippen molar-refractivity contribution in [1.82, 2.24) is 4.98 Å². The second kappa shape index (κ2) is 3.72. The van der Waals surface area contributed by atoms with Crippen LogP contribution >= 0.6 is 23.2 Å². The van der Waals surface area contributed by atoms with Gasteiger partial charge in [-0.15, -0.1) is 0 Å². The van der Waals surface area contributed by atoms with Gasteiger partial charge in [-0.25, -0.2) is 9.98 Å². The molecule has 16 heavy (non-hydrogen) atoms. The summed E-state index contributed by atoms with van der Waals surface area (Å²) in [6, 6.07) is 3.73. The Hall–Kier alpha value is -1.12. The maximum Gasteiger partial charge on any atom is 0.129 e. The molecule has 0 saturated heterocycles. The lowest BCUT2D eigenvalue weighted by molar-refractivity contribution is 0.850. The lowest BCUT2D eigenvalue weighted by atomic mass is 9.88. The van der Waals surface area contributed by atoms with Crippen LogP contribution < -0.4 is 0 Å². The van der Waals surface area contributed by atoms with Crippen LogP contribution in [0.1, 0.15) is 17.7 Å². The molecule has 2 heterocycles. The fraction of sp³-hybridized carbons (Fsp3) is 0.167. The average molecular weight is 251 g/mol. The molecule has 1 unspecified atom stereocenters. The van der Waals surface area contributed by atoms with E-state index in [1.165, 1.54) is 0 Å². The molecule has 80 valence electrons. The Labute approximate surface area is 103 Å². The molecule has 0 fully saturated rings. The molecule has 0 radical (unpaired) electrons. The van der Waals surface area contributed by atoms with Crippen molar-refractivity contribution in [2.45, 2.75) is 6.42 Å². The molecule has 0 amide bonds. The highest BCUT2D eigenvalue weighted by Gasteiger charge is 2.25. The summed E-state index contributed by atoms with van der Waals surface area (Å²) in [6.07, 6.45) is 7.00. The zero-order valence-electron chi connectivity index (χ0n) is 8.32. The predicted molar refractivity (Wildman–Crippen MR) is 66.9 cm³/mol. The lowest BCUT2D eigenvalue weighted by Gasteiger charge is -2.22. The molecule has 0 aromatic carbocycles. The summed E-state index contributed by atoms with van der Waals surface area (Å²) in [6.45, 7) is 0. The Morgan fingerprint density at radius 3 is 3.00 bits per heavy atom. The van der Waals surface area contributed by atoms with Crippen molar-refractivity contribution in [3.05, 3.63) is 45.9 Å². The molecule has 1 atom stereocenters. The zero-order chi connectivity index (χ0) is 11.1. The molecule has 0 saturated carbocycles. The molecule has 1 aromatic rings. The third-order valence-electron chi connectivity index (χ3n) is 2.76. The van der Waals surface area contributed by atoms with Crippen LogP contribution in [0.15, 0.2) is 34.4 Å². The highest BCUT2D eigenvalue weighted by Crippen LogP contribution is 2.30. The van der Waals surface area contributed by atoms with Crippen LogP contribution in [-0.2, 0) is 0 Å². The second-order valence-corrected chi connectivity index (χ2v) is 4.57. The molecule has 0 spiro atoms. The predicted octanol–water partition coefficient (Wildman–Crippen LogP) is 3.65. The van der Waals surface area contributed by atoms with E-state index in [1.54, 1.807) is 6.07 Å². The molecule has 0 N–H and O–H groups in total. The summed E-state index contributed by atoms with van der Waals surface area (Å²) in [7, 11) is 0. The number of aliphatic imine (C=N–C) groups is 1. The first-order valence-electron chi connectivity index (χ1n) is 5.03. The van der Waals surface area contributed by atoms with E-state index in [1.807, 2.05) is 12.1 Å². The van der Waals surface area contributed by atoms with Gasteiger partial charge in [0.25, 0.3) is 0 Å². The molecular formula is C12H8Cl2N2. The third kappa shape index (κ3) is 1.58. The number of allylic oxidation sites excluding steroid dienone is 2. The molecule has 2 aliphatic rings. The number of hydrogen-bond acceptors (Lipinski definition) is 2. The Balaban J connectivity index is 2.20. The van der Waals surface area contributed by atoms with Crippen molar-refractivity contribution in [1.29, 1.82) is 0 Å². The average Bonchev–Trinajstić information content (AvgIpc) is 2.29. The minimum atomic E-state index is 0.279. The first-order valence-corrected chi connectivity index (χ1v) is 5.79. The van der Waals surface area contributed by atoms with Gasteiger partial charge in [0.05, 0.1) is 11.4 Å². The minimum Gasteiger partial charge on any atom is -0.239 e. The van der Waals surface area contributed by atoms with E-state index in [-0.39, 0.29) is 5.92 Å². The number of pyridine rings is 1. The number of fused-ring (bicyclic) bond motifs is 3. The van der Waals surface area contributed by atoms with Crippen molar-refractivity contribution in [2.75, 3.05) is 0 Å². The van der Waals surface area contributed by atoms with Gasteiger partial charge in [0.1, 0.15) is 10.3 Å². The largest absolute Gasteiger partial charge is 0.239 e. The monoisotopic (exact) mass is 250 g/mol. The minimum absolute atomic E-state index is 0.279. The number of hydrogen-bond donors (Lipinski definition) is 0. The number of rotatable bonds is 0. The van der Waals surface area contributed by atoms with E-state index in [9.17, 15) is 0 Å². The third-order valence-corrected chi connectivity index (χ3v) is 3.21.